The van der Waals surface area contributed by atoms with Gasteiger partial charge in [0.1, 0.15) is 11.6 Å². The molecule has 0 radical (unpaired) electrons. The third-order valence-electron chi connectivity index (χ3n) is 5.20. The average Bonchev–Trinajstić information content (AvgIpc) is 3.16. The summed E-state index contributed by atoms with van der Waals surface area (Å²) < 4.78 is 14.6. The van der Waals surface area contributed by atoms with Crippen LogP contribution in [0.3, 0.4) is 0 Å². The van der Waals surface area contributed by atoms with Gasteiger partial charge in [-0.05, 0) is 30.2 Å². The van der Waals surface area contributed by atoms with E-state index in [4.69, 9.17) is 0 Å². The number of anilines is 3. The minimum absolute atomic E-state index is 0.0739. The molecule has 2 aliphatic heterocycles. The van der Waals surface area contributed by atoms with Gasteiger partial charge >= 0.3 is 0 Å². The van der Waals surface area contributed by atoms with Gasteiger partial charge in [-0.3, -0.25) is 19.1 Å². The minimum Gasteiger partial charge on any atom is -0.312 e. The summed E-state index contributed by atoms with van der Waals surface area (Å²) in [7, 11) is 1.70. The first-order valence-corrected chi connectivity index (χ1v) is 9.07. The largest absolute Gasteiger partial charge is 0.312 e. The first-order chi connectivity index (χ1) is 13.3. The maximum atomic E-state index is 13.1. The van der Waals surface area contributed by atoms with Crippen molar-refractivity contribution in [3.8, 4) is 0 Å². The number of carbonyl (C=O) groups excluding carboxylic acids is 3. The van der Waals surface area contributed by atoms with Gasteiger partial charge in [0.05, 0.1) is 5.92 Å². The van der Waals surface area contributed by atoms with E-state index in [-0.39, 0.29) is 42.4 Å². The van der Waals surface area contributed by atoms with E-state index < -0.39 is 5.92 Å². The van der Waals surface area contributed by atoms with E-state index in [1.165, 1.54) is 33.8 Å². The predicted molar refractivity (Wildman–Crippen MR) is 100 cm³/mol. The van der Waals surface area contributed by atoms with Crippen molar-refractivity contribution in [2.75, 3.05) is 22.1 Å². The third kappa shape index (κ3) is 3.12. The SMILES string of the molecule is C[C@H]1CC(=O)Nc2c1c(NC(=O)[C@H]1CC(=O)N(c3ccc(F)cc3)C1)nn2C. The molecule has 4 rings (SSSR count). The molecule has 2 aromatic rings. The van der Waals surface area contributed by atoms with E-state index in [0.29, 0.717) is 23.7 Å². The molecule has 3 amide bonds. The molecular formula is C19H20FN5O3. The van der Waals surface area contributed by atoms with Crippen LogP contribution < -0.4 is 15.5 Å². The van der Waals surface area contributed by atoms with Gasteiger partial charge in [0.15, 0.2) is 5.82 Å². The number of halogens is 1. The van der Waals surface area contributed by atoms with Crippen LogP contribution >= 0.6 is 0 Å². The van der Waals surface area contributed by atoms with Gasteiger partial charge in [-0.15, -0.1) is 0 Å². The van der Waals surface area contributed by atoms with Crippen molar-refractivity contribution in [2.24, 2.45) is 13.0 Å². The molecule has 0 bridgehead atoms. The van der Waals surface area contributed by atoms with E-state index in [0.717, 1.165) is 5.56 Å². The van der Waals surface area contributed by atoms with Crippen LogP contribution in [-0.4, -0.2) is 34.0 Å². The lowest BCUT2D eigenvalue weighted by Gasteiger charge is -2.20. The molecule has 2 N–H and O–H groups in total. The van der Waals surface area contributed by atoms with Crippen LogP contribution in [0.5, 0.6) is 0 Å². The molecule has 1 saturated heterocycles. The Morgan fingerprint density at radius 3 is 2.68 bits per heavy atom. The first kappa shape index (κ1) is 18.1. The van der Waals surface area contributed by atoms with E-state index in [1.54, 1.807) is 7.05 Å². The van der Waals surface area contributed by atoms with Crippen LogP contribution in [0.25, 0.3) is 0 Å². The smallest absolute Gasteiger partial charge is 0.231 e. The fourth-order valence-corrected chi connectivity index (χ4v) is 3.78. The number of rotatable bonds is 3. The Morgan fingerprint density at radius 1 is 1.25 bits per heavy atom. The number of benzene rings is 1. The van der Waals surface area contributed by atoms with Crippen LogP contribution in [0.2, 0.25) is 0 Å². The van der Waals surface area contributed by atoms with Crippen LogP contribution in [0.4, 0.5) is 21.7 Å². The molecular weight excluding hydrogens is 365 g/mol. The highest BCUT2D eigenvalue weighted by Gasteiger charge is 2.37. The van der Waals surface area contributed by atoms with Gasteiger partial charge in [-0.2, -0.15) is 5.10 Å². The van der Waals surface area contributed by atoms with Gasteiger partial charge in [-0.1, -0.05) is 6.92 Å². The van der Waals surface area contributed by atoms with Gasteiger partial charge in [-0.25, -0.2) is 4.39 Å². The van der Waals surface area contributed by atoms with Gasteiger partial charge in [0, 0.05) is 37.7 Å². The fraction of sp³-hybridized carbons (Fsp3) is 0.368. The topological polar surface area (TPSA) is 96.3 Å². The second-order valence-corrected chi connectivity index (χ2v) is 7.26. The molecule has 0 saturated carbocycles. The number of carbonyl (C=O) groups is 3. The highest BCUT2D eigenvalue weighted by molar-refractivity contribution is 6.04. The van der Waals surface area contributed by atoms with Crippen molar-refractivity contribution in [1.29, 1.82) is 0 Å². The summed E-state index contributed by atoms with van der Waals surface area (Å²) in [5.74, 6) is -0.587. The zero-order valence-corrected chi connectivity index (χ0v) is 15.5. The molecule has 2 atom stereocenters. The van der Waals surface area contributed by atoms with Crippen molar-refractivity contribution in [3.63, 3.8) is 0 Å². The molecule has 146 valence electrons. The van der Waals surface area contributed by atoms with E-state index in [1.807, 2.05) is 6.92 Å². The molecule has 8 nitrogen and oxygen atoms in total. The number of fused-ring (bicyclic) bond motifs is 1. The first-order valence-electron chi connectivity index (χ1n) is 9.07. The number of hydrogen-bond acceptors (Lipinski definition) is 4. The fourth-order valence-electron chi connectivity index (χ4n) is 3.78. The summed E-state index contributed by atoms with van der Waals surface area (Å²) in [6.45, 7) is 2.13. The molecule has 28 heavy (non-hydrogen) atoms. The zero-order valence-electron chi connectivity index (χ0n) is 15.5. The van der Waals surface area contributed by atoms with Crippen LogP contribution in [-0.2, 0) is 21.4 Å². The van der Waals surface area contributed by atoms with Crippen LogP contribution in [0.1, 0.15) is 31.2 Å². The summed E-state index contributed by atoms with van der Waals surface area (Å²) in [5, 5.41) is 9.92. The van der Waals surface area contributed by atoms with Crippen molar-refractivity contribution in [2.45, 2.75) is 25.7 Å². The highest BCUT2D eigenvalue weighted by Crippen LogP contribution is 2.37. The standard InChI is InChI=1S/C19H20FN5O3/c1-10-7-14(26)21-18-16(10)17(23-24(18)2)22-19(28)11-8-15(27)25(9-11)13-5-3-12(20)4-6-13/h3-6,10-11H,7-9H2,1-2H3,(H,21,26)(H,22,23,28)/t10-,11-/m0/s1. The number of nitrogens with zero attached hydrogens (tertiary/aromatic N) is 3. The molecule has 9 heteroatoms. The van der Waals surface area contributed by atoms with E-state index in [9.17, 15) is 18.8 Å². The summed E-state index contributed by atoms with van der Waals surface area (Å²) in [6.07, 6.45) is 0.395. The monoisotopic (exact) mass is 385 g/mol. The van der Waals surface area contributed by atoms with Crippen molar-refractivity contribution >= 4 is 35.0 Å². The lowest BCUT2D eigenvalue weighted by Crippen LogP contribution is -2.28. The average molecular weight is 385 g/mol. The van der Waals surface area contributed by atoms with E-state index >= 15 is 0 Å². The molecule has 1 fully saturated rings. The third-order valence-corrected chi connectivity index (χ3v) is 5.20. The Hall–Kier alpha value is -3.23. The summed E-state index contributed by atoms with van der Waals surface area (Å²) in [5.41, 5.74) is 1.35. The molecule has 2 aliphatic rings. The number of amides is 3. The summed E-state index contributed by atoms with van der Waals surface area (Å²) in [6, 6.07) is 5.61. The normalized spacial score (nSPS) is 21.5. The quantitative estimate of drug-likeness (QED) is 0.845. The molecule has 0 unspecified atom stereocenters. The lowest BCUT2D eigenvalue weighted by molar-refractivity contribution is -0.122. The molecule has 1 aromatic heterocycles. The Bertz CT molecular complexity index is 969. The predicted octanol–water partition coefficient (Wildman–Crippen LogP) is 2.00. The maximum Gasteiger partial charge on any atom is 0.231 e. The number of aromatic nitrogens is 2. The molecule has 3 heterocycles. The van der Waals surface area contributed by atoms with Crippen molar-refractivity contribution < 1.29 is 18.8 Å². The zero-order chi connectivity index (χ0) is 20.0. The second kappa shape index (κ2) is 6.74. The minimum atomic E-state index is -0.538. The van der Waals surface area contributed by atoms with Crippen LogP contribution in [0, 0.1) is 11.7 Å². The van der Waals surface area contributed by atoms with Crippen LogP contribution in [0.15, 0.2) is 24.3 Å². The number of nitrogens with one attached hydrogen (secondary N) is 2. The number of hydrogen-bond donors (Lipinski definition) is 2. The highest BCUT2D eigenvalue weighted by atomic mass is 19.1. The lowest BCUT2D eigenvalue weighted by atomic mass is 9.95. The van der Waals surface area contributed by atoms with Gasteiger partial charge < -0.3 is 15.5 Å². The molecule has 0 spiro atoms. The van der Waals surface area contributed by atoms with E-state index in [2.05, 4.69) is 15.7 Å². The van der Waals surface area contributed by atoms with Crippen molar-refractivity contribution in [1.82, 2.24) is 9.78 Å². The molecule has 1 aromatic carbocycles. The molecule has 0 aliphatic carbocycles. The Balaban J connectivity index is 1.51. The Morgan fingerprint density at radius 2 is 1.96 bits per heavy atom. The number of aryl methyl sites for hydroxylation is 1. The summed E-state index contributed by atoms with van der Waals surface area (Å²) in [4.78, 5) is 38.3. The van der Waals surface area contributed by atoms with Gasteiger partial charge in [0.25, 0.3) is 0 Å². The Kier molecular flexibility index (Phi) is 4.37. The van der Waals surface area contributed by atoms with Crippen molar-refractivity contribution in [3.05, 3.63) is 35.6 Å². The van der Waals surface area contributed by atoms with Gasteiger partial charge in [0.2, 0.25) is 17.7 Å². The Labute approximate surface area is 160 Å². The maximum absolute atomic E-state index is 13.1. The second-order valence-electron chi connectivity index (χ2n) is 7.26. The summed E-state index contributed by atoms with van der Waals surface area (Å²) >= 11 is 0.